The first kappa shape index (κ1) is 14.7. The molecule has 2 heterocycles. The van der Waals surface area contributed by atoms with Crippen molar-refractivity contribution in [3.63, 3.8) is 0 Å². The third-order valence-corrected chi connectivity index (χ3v) is 5.28. The molecule has 2 rings (SSSR count). The zero-order valence-electron chi connectivity index (χ0n) is 8.95. The van der Waals surface area contributed by atoms with E-state index in [0.717, 1.165) is 28.4 Å². The van der Waals surface area contributed by atoms with E-state index in [-0.39, 0.29) is 12.4 Å². The van der Waals surface area contributed by atoms with Crippen LogP contribution in [0.3, 0.4) is 0 Å². The summed E-state index contributed by atoms with van der Waals surface area (Å²) >= 11 is 11.1. The lowest BCUT2D eigenvalue weighted by Crippen LogP contribution is -2.28. The Morgan fingerprint density at radius 3 is 2.75 bits per heavy atom. The van der Waals surface area contributed by atoms with Crippen molar-refractivity contribution in [3.8, 4) is 0 Å². The van der Waals surface area contributed by atoms with Gasteiger partial charge in [0.15, 0.2) is 0 Å². The number of thiophene rings is 1. The highest BCUT2D eigenvalue weighted by molar-refractivity contribution is 9.10. The van der Waals surface area contributed by atoms with E-state index in [1.165, 1.54) is 4.88 Å². The van der Waals surface area contributed by atoms with Crippen molar-refractivity contribution in [2.75, 3.05) is 13.1 Å². The van der Waals surface area contributed by atoms with Gasteiger partial charge in [-0.05, 0) is 27.9 Å². The molecule has 2 atom stereocenters. The molecule has 1 aromatic rings. The molecule has 2 nitrogen and oxygen atoms in total. The summed E-state index contributed by atoms with van der Waals surface area (Å²) in [6, 6.07) is 2.42. The maximum Gasteiger partial charge on any atom is 0.107 e. The molecule has 0 aliphatic carbocycles. The van der Waals surface area contributed by atoms with E-state index in [1.807, 2.05) is 0 Å². The van der Waals surface area contributed by atoms with Gasteiger partial charge in [-0.3, -0.25) is 4.90 Å². The van der Waals surface area contributed by atoms with Gasteiger partial charge in [0.1, 0.15) is 4.34 Å². The minimum atomic E-state index is 0. The summed E-state index contributed by atoms with van der Waals surface area (Å²) in [4.78, 5) is 3.69. The molecule has 16 heavy (non-hydrogen) atoms. The molecule has 0 saturated carbocycles. The Balaban J connectivity index is 0.00000128. The van der Waals surface area contributed by atoms with E-state index in [0.29, 0.717) is 12.0 Å². The zero-order chi connectivity index (χ0) is 11.0. The number of nitrogens with two attached hydrogens (primary N) is 1. The second-order valence-corrected chi connectivity index (χ2v) is 6.76. The molecule has 92 valence electrons. The van der Waals surface area contributed by atoms with Crippen LogP contribution in [-0.2, 0) is 6.54 Å². The average molecular weight is 346 g/mol. The van der Waals surface area contributed by atoms with Crippen LogP contribution in [0.5, 0.6) is 0 Å². The highest BCUT2D eigenvalue weighted by atomic mass is 79.9. The topological polar surface area (TPSA) is 29.3 Å². The summed E-state index contributed by atoms with van der Waals surface area (Å²) in [5.74, 6) is 0.601. The van der Waals surface area contributed by atoms with Crippen LogP contribution in [0.15, 0.2) is 10.5 Å². The smallest absolute Gasteiger partial charge is 0.107 e. The van der Waals surface area contributed by atoms with E-state index in [4.69, 9.17) is 17.3 Å². The lowest BCUT2D eigenvalue weighted by molar-refractivity contribution is 0.322. The predicted molar refractivity (Wildman–Crippen MR) is 76.7 cm³/mol. The molecule has 6 heteroatoms. The highest BCUT2D eigenvalue weighted by Gasteiger charge is 2.26. The summed E-state index contributed by atoms with van der Waals surface area (Å²) in [5, 5.41) is 0. The number of nitrogens with zero attached hydrogens (tertiary/aromatic N) is 1. The van der Waals surface area contributed by atoms with Crippen molar-refractivity contribution >= 4 is 51.3 Å². The molecule has 1 fully saturated rings. The maximum atomic E-state index is 6.00. The molecule has 1 aromatic heterocycles. The molecule has 0 radical (unpaired) electrons. The minimum absolute atomic E-state index is 0. The molecule has 2 N–H and O–H groups in total. The molecular weight excluding hydrogens is 331 g/mol. The fourth-order valence-electron chi connectivity index (χ4n) is 1.91. The summed E-state index contributed by atoms with van der Waals surface area (Å²) in [7, 11) is 0. The molecule has 1 aliphatic rings. The molecule has 2 unspecified atom stereocenters. The first-order chi connectivity index (χ1) is 7.06. The summed E-state index contributed by atoms with van der Waals surface area (Å²) in [6.07, 6.45) is 0. The first-order valence-corrected chi connectivity index (χ1v) is 6.96. The van der Waals surface area contributed by atoms with Gasteiger partial charge >= 0.3 is 0 Å². The van der Waals surface area contributed by atoms with E-state index < -0.39 is 0 Å². The third kappa shape index (κ3) is 3.34. The summed E-state index contributed by atoms with van der Waals surface area (Å²) in [5.41, 5.74) is 5.98. The SMILES string of the molecule is CC1CN(Cc2cc(Br)c(Cl)s2)CC1N.Cl. The van der Waals surface area contributed by atoms with Crippen molar-refractivity contribution in [1.82, 2.24) is 4.90 Å². The highest BCUT2D eigenvalue weighted by Crippen LogP contribution is 2.33. The van der Waals surface area contributed by atoms with Crippen LogP contribution in [0.4, 0.5) is 0 Å². The van der Waals surface area contributed by atoms with Crippen LogP contribution >= 0.6 is 51.3 Å². The van der Waals surface area contributed by atoms with Crippen molar-refractivity contribution < 1.29 is 0 Å². The zero-order valence-corrected chi connectivity index (χ0v) is 12.9. The Bertz CT molecular complexity index is 329. The maximum absolute atomic E-state index is 6.00. The van der Waals surface area contributed by atoms with Gasteiger partial charge in [-0.1, -0.05) is 18.5 Å². The Morgan fingerprint density at radius 1 is 1.62 bits per heavy atom. The van der Waals surface area contributed by atoms with Crippen LogP contribution in [0.25, 0.3) is 0 Å². The van der Waals surface area contributed by atoms with E-state index in [1.54, 1.807) is 11.3 Å². The predicted octanol–water partition coefficient (Wildman–Crippen LogP) is 3.36. The average Bonchev–Trinajstić information content (AvgIpc) is 2.59. The first-order valence-electron chi connectivity index (χ1n) is 4.98. The largest absolute Gasteiger partial charge is 0.326 e. The Hall–Kier alpha value is 0.680. The quantitative estimate of drug-likeness (QED) is 0.890. The number of halogens is 3. The molecule has 0 bridgehead atoms. The van der Waals surface area contributed by atoms with Gasteiger partial charge in [0, 0.05) is 35.0 Å². The molecule has 0 spiro atoms. The monoisotopic (exact) mass is 344 g/mol. The molecule has 0 amide bonds. The van der Waals surface area contributed by atoms with Gasteiger partial charge in [-0.15, -0.1) is 23.7 Å². The number of hydrogen-bond acceptors (Lipinski definition) is 3. The van der Waals surface area contributed by atoms with Crippen LogP contribution in [0.2, 0.25) is 4.34 Å². The molecule has 0 aromatic carbocycles. The minimum Gasteiger partial charge on any atom is -0.326 e. The number of rotatable bonds is 2. The number of hydrogen-bond donors (Lipinski definition) is 1. The summed E-state index contributed by atoms with van der Waals surface area (Å²) in [6.45, 7) is 5.26. The van der Waals surface area contributed by atoms with Crippen LogP contribution in [0.1, 0.15) is 11.8 Å². The fourth-order valence-corrected chi connectivity index (χ4v) is 3.75. The van der Waals surface area contributed by atoms with Crippen molar-refractivity contribution in [3.05, 3.63) is 19.8 Å². The third-order valence-electron chi connectivity index (χ3n) is 2.82. The fraction of sp³-hybridized carbons (Fsp3) is 0.600. The van der Waals surface area contributed by atoms with Gasteiger partial charge in [0.2, 0.25) is 0 Å². The lowest BCUT2D eigenvalue weighted by atomic mass is 10.1. The van der Waals surface area contributed by atoms with Crippen LogP contribution in [0, 0.1) is 5.92 Å². The molecular formula is C10H15BrCl2N2S. The van der Waals surface area contributed by atoms with Gasteiger partial charge in [-0.25, -0.2) is 0 Å². The van der Waals surface area contributed by atoms with E-state index in [2.05, 4.69) is 33.8 Å². The van der Waals surface area contributed by atoms with Gasteiger partial charge < -0.3 is 5.73 Å². The van der Waals surface area contributed by atoms with E-state index in [9.17, 15) is 0 Å². The van der Waals surface area contributed by atoms with E-state index >= 15 is 0 Å². The normalized spacial score (nSPS) is 25.8. The lowest BCUT2D eigenvalue weighted by Gasteiger charge is -2.13. The van der Waals surface area contributed by atoms with Gasteiger partial charge in [0.25, 0.3) is 0 Å². The van der Waals surface area contributed by atoms with Gasteiger partial charge in [-0.2, -0.15) is 0 Å². The van der Waals surface area contributed by atoms with Crippen molar-refractivity contribution in [2.45, 2.75) is 19.5 Å². The standard InChI is InChI=1S/C10H14BrClN2S.ClH/c1-6-3-14(5-9(6)13)4-7-2-8(11)10(12)15-7;/h2,6,9H,3-5,13H2,1H3;1H. The van der Waals surface area contributed by atoms with Gasteiger partial charge in [0.05, 0.1) is 0 Å². The second kappa shape index (κ2) is 6.03. The van der Waals surface area contributed by atoms with Crippen LogP contribution < -0.4 is 5.73 Å². The Morgan fingerprint density at radius 2 is 2.31 bits per heavy atom. The molecule has 1 aliphatic heterocycles. The Labute approximate surface area is 120 Å². The second-order valence-electron chi connectivity index (χ2n) is 4.17. The van der Waals surface area contributed by atoms with Crippen LogP contribution in [-0.4, -0.2) is 24.0 Å². The number of likely N-dealkylation sites (tertiary alicyclic amines) is 1. The Kier molecular flexibility index (Phi) is 5.55. The molecule has 1 saturated heterocycles. The summed E-state index contributed by atoms with van der Waals surface area (Å²) < 4.78 is 1.84. The van der Waals surface area contributed by atoms with Crippen molar-refractivity contribution in [2.24, 2.45) is 11.7 Å². The van der Waals surface area contributed by atoms with Crippen molar-refractivity contribution in [1.29, 1.82) is 0 Å².